The zero-order chi connectivity index (χ0) is 28.1. The Morgan fingerprint density at radius 3 is 2.56 bits per heavy atom. The average molecular weight is 594 g/mol. The van der Waals surface area contributed by atoms with Gasteiger partial charge >= 0.3 is 11.9 Å². The van der Waals surface area contributed by atoms with Crippen LogP contribution in [-0.2, 0) is 31.0 Å². The highest BCUT2D eigenvalue weighted by molar-refractivity contribution is 8.01. The zero-order valence-corrected chi connectivity index (χ0v) is 22.8. The summed E-state index contributed by atoms with van der Waals surface area (Å²) in [4.78, 5) is 62.8. The number of benzene rings is 1. The summed E-state index contributed by atoms with van der Waals surface area (Å²) in [5.41, 5.74) is 0.874. The number of carboxylic acid groups (broad SMARTS) is 2. The van der Waals surface area contributed by atoms with Crippen molar-refractivity contribution in [3.8, 4) is 0 Å². The molecular formula is C22H23N7O7S3. The van der Waals surface area contributed by atoms with Crippen molar-refractivity contribution >= 4 is 64.9 Å². The molecule has 0 spiro atoms. The Balaban J connectivity index is 1.45. The van der Waals surface area contributed by atoms with Crippen LogP contribution in [0.4, 0.5) is 0 Å². The first-order valence-corrected chi connectivity index (χ1v) is 14.6. The van der Waals surface area contributed by atoms with E-state index in [0.29, 0.717) is 22.0 Å². The molecule has 4 rings (SSSR count). The van der Waals surface area contributed by atoms with Gasteiger partial charge in [0.25, 0.3) is 5.91 Å². The van der Waals surface area contributed by atoms with Gasteiger partial charge in [-0.15, -0.1) is 28.6 Å². The summed E-state index contributed by atoms with van der Waals surface area (Å²) in [6.45, 7) is 0. The van der Waals surface area contributed by atoms with Gasteiger partial charge in [-0.25, -0.2) is 9.48 Å². The predicted octanol–water partition coefficient (Wildman–Crippen LogP) is -0.284. The van der Waals surface area contributed by atoms with E-state index in [1.165, 1.54) is 33.1 Å². The minimum atomic E-state index is -1.25. The minimum absolute atomic E-state index is 0.125. The number of carbonyl (C=O) groups is 5. The fourth-order valence-electron chi connectivity index (χ4n) is 3.91. The molecule has 1 saturated heterocycles. The maximum atomic E-state index is 13.3. The number of nitrogens with one attached hydrogen (secondary N) is 2. The largest absolute Gasteiger partial charge is 0.481 e. The Morgan fingerprint density at radius 1 is 1.18 bits per heavy atom. The molecule has 0 aliphatic carbocycles. The van der Waals surface area contributed by atoms with Crippen LogP contribution in [0.3, 0.4) is 0 Å². The van der Waals surface area contributed by atoms with Gasteiger partial charge in [-0.1, -0.05) is 42.1 Å². The number of thioether (sulfide) groups is 3. The standard InChI is InChI=1S/C22H23N7O7S3/c1-28-22(25-26-27-28)39-8-12-7-38-20-16(19(34)29(20)17(12)21(35)36)24-18(33)15(11-5-3-2-4-6-11)23-13(30)9-37-10-14(31)32/h2-6,15-16,20H,7-10H2,1H3,(H,23,30)(H,24,33)(H,31,32)(H,35,36)/t15?,16-,20-/m1/s1. The van der Waals surface area contributed by atoms with Gasteiger partial charge in [-0.05, 0) is 21.6 Å². The van der Waals surface area contributed by atoms with Crippen LogP contribution in [0.2, 0.25) is 0 Å². The molecular weight excluding hydrogens is 570 g/mol. The number of hydrogen-bond donors (Lipinski definition) is 4. The lowest BCUT2D eigenvalue weighted by Gasteiger charge is -2.49. The highest BCUT2D eigenvalue weighted by Crippen LogP contribution is 2.41. The van der Waals surface area contributed by atoms with Crippen LogP contribution >= 0.6 is 35.3 Å². The Labute approximate surface area is 234 Å². The number of tetrazole rings is 1. The van der Waals surface area contributed by atoms with Gasteiger partial charge in [-0.2, -0.15) is 0 Å². The van der Waals surface area contributed by atoms with E-state index in [-0.39, 0.29) is 23.0 Å². The SMILES string of the molecule is Cn1nnnc1SCC1=C(C(=O)O)N2C(=O)[C@@H](NC(=O)C(NC(=O)CSCC(=O)O)c3ccccc3)[C@H]2SC1. The molecule has 1 aromatic carbocycles. The molecule has 2 aliphatic heterocycles. The van der Waals surface area contributed by atoms with Crippen LogP contribution in [0.25, 0.3) is 0 Å². The summed E-state index contributed by atoms with van der Waals surface area (Å²) < 4.78 is 1.46. The number of hydrogen-bond acceptors (Lipinski definition) is 11. The monoisotopic (exact) mass is 593 g/mol. The van der Waals surface area contributed by atoms with Crippen molar-refractivity contribution in [2.75, 3.05) is 23.0 Å². The predicted molar refractivity (Wildman–Crippen MR) is 141 cm³/mol. The van der Waals surface area contributed by atoms with Gasteiger partial charge in [0.2, 0.25) is 17.0 Å². The molecule has 206 valence electrons. The molecule has 17 heteroatoms. The topological polar surface area (TPSA) is 197 Å². The average Bonchev–Trinajstić information content (AvgIpc) is 3.32. The third-order valence-electron chi connectivity index (χ3n) is 5.66. The number of carboxylic acids is 2. The number of amides is 3. The summed E-state index contributed by atoms with van der Waals surface area (Å²) >= 11 is 3.46. The van der Waals surface area contributed by atoms with E-state index in [2.05, 4.69) is 26.2 Å². The molecule has 0 saturated carbocycles. The molecule has 14 nitrogen and oxygen atoms in total. The normalized spacial score (nSPS) is 19.1. The van der Waals surface area contributed by atoms with E-state index in [4.69, 9.17) is 5.11 Å². The summed E-state index contributed by atoms with van der Waals surface area (Å²) in [5, 5.41) is 34.9. The first-order chi connectivity index (χ1) is 18.7. The molecule has 4 N–H and O–H groups in total. The first-order valence-electron chi connectivity index (χ1n) is 11.4. The van der Waals surface area contributed by atoms with E-state index in [0.717, 1.165) is 11.8 Å². The van der Waals surface area contributed by atoms with E-state index in [1.54, 1.807) is 37.4 Å². The maximum Gasteiger partial charge on any atom is 0.352 e. The van der Waals surface area contributed by atoms with Crippen molar-refractivity contribution < 1.29 is 34.2 Å². The molecule has 3 amide bonds. The van der Waals surface area contributed by atoms with E-state index < -0.39 is 47.1 Å². The van der Waals surface area contributed by atoms with Crippen molar-refractivity contribution in [2.24, 2.45) is 7.05 Å². The number of β-lactam (4-membered cyclic amide) rings is 1. The van der Waals surface area contributed by atoms with Crippen LogP contribution in [0.5, 0.6) is 0 Å². The summed E-state index contributed by atoms with van der Waals surface area (Å²) in [7, 11) is 1.66. The smallest absolute Gasteiger partial charge is 0.352 e. The number of aliphatic carboxylic acids is 2. The molecule has 0 radical (unpaired) electrons. The van der Waals surface area contributed by atoms with Crippen LogP contribution in [0.1, 0.15) is 11.6 Å². The highest BCUT2D eigenvalue weighted by Gasteiger charge is 2.54. The summed E-state index contributed by atoms with van der Waals surface area (Å²) in [6.07, 6.45) is 0. The Kier molecular flexibility index (Phi) is 9.13. The summed E-state index contributed by atoms with van der Waals surface area (Å²) in [6, 6.07) is 6.27. The van der Waals surface area contributed by atoms with Gasteiger partial charge < -0.3 is 20.8 Å². The lowest BCUT2D eigenvalue weighted by Crippen LogP contribution is -2.71. The number of aromatic nitrogens is 4. The lowest BCUT2D eigenvalue weighted by atomic mass is 10.0. The lowest BCUT2D eigenvalue weighted by molar-refractivity contribution is -0.151. The fraction of sp³-hybridized carbons (Fsp3) is 0.364. The summed E-state index contributed by atoms with van der Waals surface area (Å²) in [5.74, 6) is -3.94. The molecule has 2 aliphatic rings. The molecule has 1 fully saturated rings. The van der Waals surface area contributed by atoms with Gasteiger partial charge in [0.15, 0.2) is 0 Å². The zero-order valence-electron chi connectivity index (χ0n) is 20.3. The van der Waals surface area contributed by atoms with Gasteiger partial charge in [-0.3, -0.25) is 24.1 Å². The second kappa shape index (κ2) is 12.5. The number of fused-ring (bicyclic) bond motifs is 1. The Bertz CT molecular complexity index is 1320. The minimum Gasteiger partial charge on any atom is -0.481 e. The Morgan fingerprint density at radius 2 is 1.92 bits per heavy atom. The molecule has 3 heterocycles. The molecule has 3 atom stereocenters. The molecule has 1 unspecified atom stereocenters. The molecule has 1 aromatic heterocycles. The first kappa shape index (κ1) is 28.4. The maximum absolute atomic E-state index is 13.3. The fourth-order valence-corrected chi connectivity index (χ4v) is 6.79. The second-order valence-electron chi connectivity index (χ2n) is 8.32. The van der Waals surface area contributed by atoms with Crippen molar-refractivity contribution in [1.82, 2.24) is 35.7 Å². The molecule has 39 heavy (non-hydrogen) atoms. The van der Waals surface area contributed by atoms with Gasteiger partial charge in [0.1, 0.15) is 23.2 Å². The molecule has 0 bridgehead atoms. The van der Waals surface area contributed by atoms with Gasteiger partial charge in [0, 0.05) is 18.6 Å². The Hall–Kier alpha value is -3.57. The van der Waals surface area contributed by atoms with Crippen LogP contribution in [0, 0.1) is 0 Å². The number of nitrogens with zero attached hydrogens (tertiary/aromatic N) is 5. The van der Waals surface area contributed by atoms with Crippen LogP contribution in [-0.4, -0.2) is 99.4 Å². The van der Waals surface area contributed by atoms with Crippen molar-refractivity contribution in [3.05, 3.63) is 47.2 Å². The van der Waals surface area contributed by atoms with Crippen molar-refractivity contribution in [2.45, 2.75) is 22.6 Å². The molecule has 2 aromatic rings. The van der Waals surface area contributed by atoms with Crippen LogP contribution in [0.15, 0.2) is 46.8 Å². The number of aryl methyl sites for hydroxylation is 1. The van der Waals surface area contributed by atoms with E-state index in [1.807, 2.05) is 0 Å². The van der Waals surface area contributed by atoms with Crippen molar-refractivity contribution in [1.29, 1.82) is 0 Å². The third-order valence-corrected chi connectivity index (χ3v) is 9.02. The highest BCUT2D eigenvalue weighted by atomic mass is 32.2. The quantitative estimate of drug-likeness (QED) is 0.185. The van der Waals surface area contributed by atoms with E-state index >= 15 is 0 Å². The second-order valence-corrected chi connectivity index (χ2v) is 11.4. The van der Waals surface area contributed by atoms with Crippen LogP contribution < -0.4 is 10.6 Å². The van der Waals surface area contributed by atoms with E-state index in [9.17, 15) is 29.1 Å². The number of rotatable bonds is 12. The number of carbonyl (C=O) groups excluding carboxylic acids is 3. The van der Waals surface area contributed by atoms with Gasteiger partial charge in [0.05, 0.1) is 11.5 Å². The third kappa shape index (κ3) is 6.54. The van der Waals surface area contributed by atoms with Crippen molar-refractivity contribution in [3.63, 3.8) is 0 Å².